The van der Waals surface area contributed by atoms with E-state index in [2.05, 4.69) is 43.1 Å². The largest absolute Gasteiger partial charge is 0.398 e. The van der Waals surface area contributed by atoms with Crippen LogP contribution in [0.25, 0.3) is 11.1 Å². The molecule has 0 atom stereocenters. The summed E-state index contributed by atoms with van der Waals surface area (Å²) >= 11 is 0. The fourth-order valence-corrected chi connectivity index (χ4v) is 5.28. The second-order valence-electron chi connectivity index (χ2n) is 10.7. The topological polar surface area (TPSA) is 114 Å². The first-order valence-electron chi connectivity index (χ1n) is 13.8. The monoisotopic (exact) mass is 526 g/mol. The van der Waals surface area contributed by atoms with Gasteiger partial charge in [-0.3, -0.25) is 30.0 Å². The van der Waals surface area contributed by atoms with Crippen molar-refractivity contribution in [2.45, 2.75) is 32.4 Å². The predicted molar refractivity (Wildman–Crippen MR) is 156 cm³/mol. The minimum Gasteiger partial charge on any atom is -0.398 e. The van der Waals surface area contributed by atoms with Crippen molar-refractivity contribution in [1.29, 1.82) is 5.41 Å². The van der Waals surface area contributed by atoms with E-state index in [1.807, 2.05) is 30.7 Å². The van der Waals surface area contributed by atoms with E-state index in [1.54, 1.807) is 18.3 Å². The molecule has 1 amide bonds. The van der Waals surface area contributed by atoms with Crippen molar-refractivity contribution in [3.05, 3.63) is 71.8 Å². The van der Waals surface area contributed by atoms with Gasteiger partial charge in [-0.15, -0.1) is 0 Å². The lowest BCUT2D eigenvalue weighted by atomic mass is 9.99. The summed E-state index contributed by atoms with van der Waals surface area (Å²) in [6.45, 7) is 8.04. The molecule has 0 aliphatic carbocycles. The average Bonchev–Trinajstić information content (AvgIpc) is 2.95. The third kappa shape index (κ3) is 7.06. The van der Waals surface area contributed by atoms with Crippen LogP contribution in [-0.2, 0) is 17.9 Å². The molecule has 39 heavy (non-hydrogen) atoms. The van der Waals surface area contributed by atoms with Crippen LogP contribution in [-0.4, -0.2) is 82.6 Å². The highest BCUT2D eigenvalue weighted by Crippen LogP contribution is 2.25. The summed E-state index contributed by atoms with van der Waals surface area (Å²) in [5.74, 6) is -0.516. The number of rotatable bonds is 8. The summed E-state index contributed by atoms with van der Waals surface area (Å²) in [5.41, 5.74) is 11.4. The second kappa shape index (κ2) is 12.5. The summed E-state index contributed by atoms with van der Waals surface area (Å²) in [4.78, 5) is 29.0. The Labute approximate surface area is 230 Å². The van der Waals surface area contributed by atoms with Crippen LogP contribution in [0.4, 0.5) is 11.4 Å². The zero-order chi connectivity index (χ0) is 27.2. The number of pyridine rings is 2. The highest BCUT2D eigenvalue weighted by Gasteiger charge is 2.18. The molecule has 1 aromatic carbocycles. The van der Waals surface area contributed by atoms with E-state index in [-0.39, 0.29) is 5.71 Å². The lowest BCUT2D eigenvalue weighted by molar-refractivity contribution is -0.110. The van der Waals surface area contributed by atoms with Crippen molar-refractivity contribution >= 4 is 23.0 Å². The first kappa shape index (κ1) is 26.9. The molecule has 204 valence electrons. The number of aromatic nitrogens is 2. The number of nitrogens with two attached hydrogens (primary N) is 1. The van der Waals surface area contributed by atoms with E-state index in [0.717, 1.165) is 74.6 Å². The van der Waals surface area contributed by atoms with Gasteiger partial charge < -0.3 is 16.0 Å². The standard InChI is InChI=1S/C30H38N8O/c1-36-9-11-38(12-10-36)20-22-13-25(18-33-16-22)24-5-6-28(31)27(15-24)29(32)30(39)35-26-14-23(17-34-19-26)21-37-7-3-2-4-8-37/h5-6,13-19,32H,2-4,7-12,20-21,31H2,1H3,(H,35,39). The van der Waals surface area contributed by atoms with E-state index < -0.39 is 5.91 Å². The van der Waals surface area contributed by atoms with Gasteiger partial charge >= 0.3 is 0 Å². The van der Waals surface area contributed by atoms with Crippen LogP contribution in [0.15, 0.2) is 55.1 Å². The van der Waals surface area contributed by atoms with E-state index in [1.165, 1.54) is 19.3 Å². The number of likely N-dealkylation sites (tertiary alicyclic amines) is 1. The zero-order valence-corrected chi connectivity index (χ0v) is 22.7. The minimum atomic E-state index is -0.516. The molecule has 2 aliphatic rings. The number of likely N-dealkylation sites (N-methyl/N-ethyl adjacent to an activating group) is 1. The van der Waals surface area contributed by atoms with E-state index >= 15 is 0 Å². The van der Waals surface area contributed by atoms with Crippen molar-refractivity contribution in [1.82, 2.24) is 24.7 Å². The van der Waals surface area contributed by atoms with Crippen molar-refractivity contribution in [2.75, 3.05) is 57.4 Å². The number of nitrogens with zero attached hydrogens (tertiary/aromatic N) is 5. The lowest BCUT2D eigenvalue weighted by Crippen LogP contribution is -2.43. The van der Waals surface area contributed by atoms with E-state index in [4.69, 9.17) is 11.1 Å². The molecule has 9 nitrogen and oxygen atoms in total. The van der Waals surface area contributed by atoms with Crippen molar-refractivity contribution in [2.24, 2.45) is 0 Å². The molecule has 2 saturated heterocycles. The number of carbonyl (C=O) groups excluding carboxylic acids is 1. The normalized spacial score (nSPS) is 17.2. The second-order valence-corrected chi connectivity index (χ2v) is 10.7. The Kier molecular flexibility index (Phi) is 8.61. The molecule has 0 unspecified atom stereocenters. The third-order valence-electron chi connectivity index (χ3n) is 7.59. The van der Waals surface area contributed by atoms with Gasteiger partial charge in [0.05, 0.1) is 11.9 Å². The number of piperidine rings is 1. The van der Waals surface area contributed by atoms with Crippen LogP contribution < -0.4 is 11.1 Å². The van der Waals surface area contributed by atoms with Crippen molar-refractivity contribution < 1.29 is 4.79 Å². The number of nitrogen functional groups attached to an aromatic ring is 1. The summed E-state index contributed by atoms with van der Waals surface area (Å²) < 4.78 is 0. The molecule has 2 aromatic heterocycles. The molecule has 5 rings (SSSR count). The minimum absolute atomic E-state index is 0.183. The SMILES string of the molecule is CN1CCN(Cc2cncc(-c3ccc(N)c(C(=N)C(=O)Nc4cncc(CN5CCCCC5)c4)c3)c2)CC1. The average molecular weight is 527 g/mol. The molecule has 0 spiro atoms. The molecule has 9 heteroatoms. The molecule has 2 fully saturated rings. The number of hydrogen-bond acceptors (Lipinski definition) is 8. The molecule has 0 bridgehead atoms. The smallest absolute Gasteiger partial charge is 0.274 e. The van der Waals surface area contributed by atoms with Crippen LogP contribution in [0.1, 0.15) is 36.0 Å². The zero-order valence-electron chi connectivity index (χ0n) is 22.7. The number of anilines is 2. The van der Waals surface area contributed by atoms with Crippen LogP contribution in [0.5, 0.6) is 0 Å². The Bertz CT molecular complexity index is 1310. The van der Waals surface area contributed by atoms with Gasteiger partial charge in [-0.2, -0.15) is 0 Å². The molecule has 3 aromatic rings. The molecular formula is C30H38N8O. The Balaban J connectivity index is 1.27. The van der Waals surface area contributed by atoms with Crippen LogP contribution >= 0.6 is 0 Å². The van der Waals surface area contributed by atoms with Gasteiger partial charge in [0.25, 0.3) is 5.91 Å². The Morgan fingerprint density at radius 1 is 0.846 bits per heavy atom. The summed E-state index contributed by atoms with van der Waals surface area (Å²) in [5, 5.41) is 11.5. The number of nitrogens with one attached hydrogen (secondary N) is 2. The van der Waals surface area contributed by atoms with Gasteiger partial charge in [-0.1, -0.05) is 12.5 Å². The molecule has 2 aliphatic heterocycles. The van der Waals surface area contributed by atoms with Crippen molar-refractivity contribution in [3.8, 4) is 11.1 Å². The number of piperazine rings is 1. The fourth-order valence-electron chi connectivity index (χ4n) is 5.28. The van der Waals surface area contributed by atoms with Crippen LogP contribution in [0, 0.1) is 5.41 Å². The maximum Gasteiger partial charge on any atom is 0.274 e. The molecule has 4 N–H and O–H groups in total. The van der Waals surface area contributed by atoms with E-state index in [9.17, 15) is 4.79 Å². The van der Waals surface area contributed by atoms with Crippen LogP contribution in [0.2, 0.25) is 0 Å². The number of hydrogen-bond donors (Lipinski definition) is 3. The summed E-state index contributed by atoms with van der Waals surface area (Å²) in [6.07, 6.45) is 10.9. The Hall–Kier alpha value is -3.66. The summed E-state index contributed by atoms with van der Waals surface area (Å²) in [7, 11) is 2.15. The fraction of sp³-hybridized carbons (Fsp3) is 0.400. The predicted octanol–water partition coefficient (Wildman–Crippen LogP) is 3.47. The molecule has 4 heterocycles. The van der Waals surface area contributed by atoms with Crippen LogP contribution in [0.3, 0.4) is 0 Å². The summed E-state index contributed by atoms with van der Waals surface area (Å²) in [6, 6.07) is 9.53. The van der Waals surface area contributed by atoms with Gasteiger partial charge in [0.1, 0.15) is 5.71 Å². The quantitative estimate of drug-likeness (QED) is 0.304. The van der Waals surface area contributed by atoms with Crippen molar-refractivity contribution in [3.63, 3.8) is 0 Å². The van der Waals surface area contributed by atoms with Gasteiger partial charge in [0, 0.05) is 74.7 Å². The Morgan fingerprint density at radius 3 is 2.26 bits per heavy atom. The number of carbonyl (C=O) groups is 1. The molecule has 0 saturated carbocycles. The maximum atomic E-state index is 13.1. The maximum absolute atomic E-state index is 13.1. The van der Waals surface area contributed by atoms with Gasteiger partial charge in [0.15, 0.2) is 0 Å². The van der Waals surface area contributed by atoms with E-state index in [0.29, 0.717) is 16.9 Å². The van der Waals surface area contributed by atoms with Gasteiger partial charge in [-0.05, 0) is 73.9 Å². The third-order valence-corrected chi connectivity index (χ3v) is 7.59. The highest BCUT2D eigenvalue weighted by atomic mass is 16.1. The lowest BCUT2D eigenvalue weighted by Gasteiger charge is -2.32. The van der Waals surface area contributed by atoms with Gasteiger partial charge in [-0.25, -0.2) is 0 Å². The molecule has 0 radical (unpaired) electrons. The first-order chi connectivity index (χ1) is 18.9. The first-order valence-corrected chi connectivity index (χ1v) is 13.8. The van der Waals surface area contributed by atoms with Gasteiger partial charge in [0.2, 0.25) is 0 Å². The Morgan fingerprint density at radius 2 is 1.51 bits per heavy atom. The number of benzene rings is 1. The molecular weight excluding hydrogens is 488 g/mol. The number of amides is 1. The highest BCUT2D eigenvalue weighted by molar-refractivity contribution is 6.48.